The third-order valence-electron chi connectivity index (χ3n) is 4.84. The number of hydrogen-bond acceptors (Lipinski definition) is 2. The number of rotatable bonds is 0. The number of fused-ring (bicyclic) bond motifs is 5. The first kappa shape index (κ1) is 8.93. The van der Waals surface area contributed by atoms with E-state index in [1.165, 1.54) is 0 Å². The lowest BCUT2D eigenvalue weighted by atomic mass is 9.82. The Morgan fingerprint density at radius 2 is 1.43 bits per heavy atom. The van der Waals surface area contributed by atoms with E-state index in [2.05, 4.69) is 12.2 Å². The Hall–Kier alpha value is -0.340. The van der Waals surface area contributed by atoms with Crippen molar-refractivity contribution in [3.05, 3.63) is 12.2 Å². The zero-order chi connectivity index (χ0) is 10.1. The maximum Gasteiger partial charge on any atom is 0.0653 e. The maximum atomic E-state index is 10.2. The van der Waals surface area contributed by atoms with Crippen LogP contribution >= 0.6 is 0 Å². The van der Waals surface area contributed by atoms with Crippen LogP contribution in [0.2, 0.25) is 0 Å². The molecule has 14 heavy (non-hydrogen) atoms. The van der Waals surface area contributed by atoms with Gasteiger partial charge in [-0.05, 0) is 30.1 Å². The van der Waals surface area contributed by atoms with Crippen LogP contribution in [0.4, 0.5) is 0 Å². The van der Waals surface area contributed by atoms with Crippen molar-refractivity contribution in [3.8, 4) is 0 Å². The van der Waals surface area contributed by atoms with Gasteiger partial charge in [-0.2, -0.15) is 0 Å². The largest absolute Gasteiger partial charge is 0.392 e. The summed E-state index contributed by atoms with van der Waals surface area (Å²) in [5, 5.41) is 20.5. The molecule has 0 aromatic rings. The van der Waals surface area contributed by atoms with Crippen molar-refractivity contribution in [2.45, 2.75) is 32.5 Å². The molecule has 0 radical (unpaired) electrons. The van der Waals surface area contributed by atoms with E-state index in [0.29, 0.717) is 23.7 Å². The van der Waals surface area contributed by atoms with Crippen molar-refractivity contribution in [1.29, 1.82) is 0 Å². The quantitative estimate of drug-likeness (QED) is 0.569. The third-order valence-corrected chi connectivity index (χ3v) is 4.84. The van der Waals surface area contributed by atoms with Gasteiger partial charge in [0.1, 0.15) is 0 Å². The van der Waals surface area contributed by atoms with Gasteiger partial charge in [-0.15, -0.1) is 0 Å². The first-order chi connectivity index (χ1) is 6.53. The molecule has 2 fully saturated rings. The first-order valence-electron chi connectivity index (χ1n) is 5.58. The predicted octanol–water partition coefficient (Wildman–Crippen LogP) is 1.19. The number of allylic oxidation sites excluding steroid dienone is 2. The van der Waals surface area contributed by atoms with Gasteiger partial charge in [-0.1, -0.05) is 26.0 Å². The van der Waals surface area contributed by atoms with Crippen LogP contribution < -0.4 is 0 Å². The molecule has 2 saturated carbocycles. The van der Waals surface area contributed by atoms with E-state index in [9.17, 15) is 10.2 Å². The van der Waals surface area contributed by atoms with Gasteiger partial charge in [0.05, 0.1) is 12.2 Å². The highest BCUT2D eigenvalue weighted by Crippen LogP contribution is 2.60. The Morgan fingerprint density at radius 3 is 1.86 bits per heavy atom. The summed E-state index contributed by atoms with van der Waals surface area (Å²) in [7, 11) is 0. The molecule has 2 bridgehead atoms. The molecule has 2 N–H and O–H groups in total. The van der Waals surface area contributed by atoms with Crippen LogP contribution in [0.1, 0.15) is 20.3 Å². The molecule has 0 spiro atoms. The second-order valence-electron chi connectivity index (χ2n) is 5.81. The van der Waals surface area contributed by atoms with Crippen LogP contribution in [0.25, 0.3) is 0 Å². The molecule has 0 aromatic heterocycles. The van der Waals surface area contributed by atoms with Crippen molar-refractivity contribution >= 4 is 0 Å². The average Bonchev–Trinajstić information content (AvgIpc) is 2.76. The second kappa shape index (κ2) is 2.42. The lowest BCUT2D eigenvalue weighted by Gasteiger charge is -2.29. The highest BCUT2D eigenvalue weighted by molar-refractivity contribution is 5.21. The highest BCUT2D eigenvalue weighted by Gasteiger charge is 2.62. The van der Waals surface area contributed by atoms with E-state index >= 15 is 0 Å². The van der Waals surface area contributed by atoms with E-state index in [-0.39, 0.29) is 17.6 Å². The van der Waals surface area contributed by atoms with Crippen molar-refractivity contribution in [1.82, 2.24) is 0 Å². The lowest BCUT2D eigenvalue weighted by molar-refractivity contribution is -0.0195. The van der Waals surface area contributed by atoms with E-state index < -0.39 is 0 Å². The molecular weight excluding hydrogens is 176 g/mol. The Labute approximate surface area is 84.6 Å². The fourth-order valence-corrected chi connectivity index (χ4v) is 3.95. The summed E-state index contributed by atoms with van der Waals surface area (Å²) in [4.78, 5) is 0. The minimum absolute atomic E-state index is 0.315. The minimum atomic E-state index is -0.331. The summed E-state index contributed by atoms with van der Waals surface area (Å²) in [5.41, 5.74) is -0.321. The normalized spacial score (nSPS) is 58.0. The van der Waals surface area contributed by atoms with Crippen molar-refractivity contribution in [2.75, 3.05) is 0 Å². The SMILES string of the molecule is CC1(C)[C@H](O)[C@H]2[C@@H]([C@H]1O)[C@H]1C=C[C@H]2C1. The summed E-state index contributed by atoms with van der Waals surface area (Å²) in [6, 6.07) is 0. The summed E-state index contributed by atoms with van der Waals surface area (Å²) in [5.74, 6) is 1.68. The van der Waals surface area contributed by atoms with Crippen LogP contribution in [0, 0.1) is 29.1 Å². The van der Waals surface area contributed by atoms with Crippen LogP contribution in [-0.2, 0) is 0 Å². The van der Waals surface area contributed by atoms with Gasteiger partial charge in [-0.3, -0.25) is 0 Å². The molecule has 0 aromatic carbocycles. The highest BCUT2D eigenvalue weighted by atomic mass is 16.3. The van der Waals surface area contributed by atoms with Crippen LogP contribution in [0.5, 0.6) is 0 Å². The van der Waals surface area contributed by atoms with Crippen molar-refractivity contribution < 1.29 is 10.2 Å². The number of hydrogen-bond donors (Lipinski definition) is 2. The fraction of sp³-hybridized carbons (Fsp3) is 0.833. The number of aliphatic hydroxyl groups excluding tert-OH is 2. The first-order valence-corrected chi connectivity index (χ1v) is 5.58. The molecule has 0 unspecified atom stereocenters. The molecule has 3 rings (SSSR count). The minimum Gasteiger partial charge on any atom is -0.392 e. The Bertz CT molecular complexity index is 269. The smallest absolute Gasteiger partial charge is 0.0653 e. The van der Waals surface area contributed by atoms with Crippen LogP contribution in [0.3, 0.4) is 0 Å². The zero-order valence-electron chi connectivity index (χ0n) is 8.72. The summed E-state index contributed by atoms with van der Waals surface area (Å²) in [6.45, 7) is 3.97. The predicted molar refractivity (Wildman–Crippen MR) is 53.5 cm³/mol. The van der Waals surface area contributed by atoms with Gasteiger partial charge in [0, 0.05) is 5.41 Å². The molecule has 2 nitrogen and oxygen atoms in total. The Morgan fingerprint density at radius 1 is 1.00 bits per heavy atom. The summed E-state index contributed by atoms with van der Waals surface area (Å²) < 4.78 is 0. The molecule has 3 aliphatic carbocycles. The van der Waals surface area contributed by atoms with Crippen LogP contribution in [-0.4, -0.2) is 22.4 Å². The Kier molecular flexibility index (Phi) is 1.54. The zero-order valence-corrected chi connectivity index (χ0v) is 8.72. The number of aliphatic hydroxyl groups is 2. The fourth-order valence-electron chi connectivity index (χ4n) is 3.95. The third kappa shape index (κ3) is 0.801. The molecule has 2 heteroatoms. The van der Waals surface area contributed by atoms with Crippen molar-refractivity contribution in [2.24, 2.45) is 29.1 Å². The molecule has 0 saturated heterocycles. The molecule has 0 aliphatic heterocycles. The molecule has 78 valence electrons. The van der Waals surface area contributed by atoms with E-state index in [1.807, 2.05) is 13.8 Å². The topological polar surface area (TPSA) is 40.5 Å². The van der Waals surface area contributed by atoms with E-state index in [4.69, 9.17) is 0 Å². The van der Waals surface area contributed by atoms with Gasteiger partial charge in [0.25, 0.3) is 0 Å². The summed E-state index contributed by atoms with van der Waals surface area (Å²) in [6.07, 6.45) is 4.97. The lowest BCUT2D eigenvalue weighted by Crippen LogP contribution is -2.36. The van der Waals surface area contributed by atoms with Gasteiger partial charge >= 0.3 is 0 Å². The van der Waals surface area contributed by atoms with E-state index in [1.54, 1.807) is 0 Å². The van der Waals surface area contributed by atoms with Gasteiger partial charge in [-0.25, -0.2) is 0 Å². The molecular formula is C12H18O2. The monoisotopic (exact) mass is 194 g/mol. The van der Waals surface area contributed by atoms with E-state index in [0.717, 1.165) is 6.42 Å². The standard InChI is InChI=1S/C12H18O2/c1-12(2)10(13)8-6-3-4-7(5-6)9(8)11(12)14/h3-4,6-11,13-14H,5H2,1-2H3/t6-,7-,8-,9+,10+,11+/m0/s1. The van der Waals surface area contributed by atoms with Gasteiger partial charge in [0.15, 0.2) is 0 Å². The van der Waals surface area contributed by atoms with Gasteiger partial charge in [0.2, 0.25) is 0 Å². The Balaban J connectivity index is 2.02. The maximum absolute atomic E-state index is 10.2. The molecule has 3 aliphatic rings. The molecule has 0 amide bonds. The second-order valence-corrected chi connectivity index (χ2v) is 5.81. The van der Waals surface area contributed by atoms with Crippen LogP contribution in [0.15, 0.2) is 12.2 Å². The summed E-state index contributed by atoms with van der Waals surface area (Å²) >= 11 is 0. The van der Waals surface area contributed by atoms with Crippen molar-refractivity contribution in [3.63, 3.8) is 0 Å². The molecule has 0 heterocycles. The average molecular weight is 194 g/mol. The molecule has 6 atom stereocenters. The van der Waals surface area contributed by atoms with Gasteiger partial charge < -0.3 is 10.2 Å².